The number of nitrogens with zero attached hydrogens (tertiary/aromatic N) is 5. The van der Waals surface area contributed by atoms with Crippen LogP contribution < -0.4 is 16.2 Å². The van der Waals surface area contributed by atoms with E-state index in [-0.39, 0.29) is 40.1 Å². The highest BCUT2D eigenvalue weighted by Crippen LogP contribution is 2.29. The number of carbonyl (C=O) groups is 1. The Morgan fingerprint density at radius 2 is 1.65 bits per heavy atom. The number of hydrogen-bond acceptors (Lipinski definition) is 8. The van der Waals surface area contributed by atoms with Crippen molar-refractivity contribution in [3.05, 3.63) is 100 Å². The first-order valence-electron chi connectivity index (χ1n) is 13.5. The summed E-state index contributed by atoms with van der Waals surface area (Å²) in [6.45, 7) is 3.96. The monoisotopic (exact) mass is 595 g/mol. The molecule has 3 aromatic carbocycles. The minimum atomic E-state index is -4.03. The largest absolute Gasteiger partial charge is 0.325 e. The van der Waals surface area contributed by atoms with E-state index < -0.39 is 10.0 Å². The Balaban J connectivity index is 1.57. The number of amides is 1. The van der Waals surface area contributed by atoms with Gasteiger partial charge in [-0.1, -0.05) is 35.9 Å². The molecule has 0 fully saturated rings. The molecule has 12 heteroatoms. The fourth-order valence-corrected chi connectivity index (χ4v) is 6.19. The number of para-hydroxylation sites is 1. The van der Waals surface area contributed by atoms with E-state index in [4.69, 9.17) is 9.97 Å². The number of aromatic nitrogens is 4. The third-order valence-corrected chi connectivity index (χ3v) is 8.75. The Labute approximate surface area is 247 Å². The molecule has 1 amide bonds. The van der Waals surface area contributed by atoms with Gasteiger partial charge in [-0.05, 0) is 76.0 Å². The van der Waals surface area contributed by atoms with Gasteiger partial charge in [0.15, 0.2) is 11.3 Å². The quantitative estimate of drug-likeness (QED) is 0.262. The highest BCUT2D eigenvalue weighted by atomic mass is 32.2. The Bertz CT molecular complexity index is 2220. The molecule has 11 nitrogen and oxygen atoms in total. The summed E-state index contributed by atoms with van der Waals surface area (Å²) in [5, 5.41) is 6.88. The summed E-state index contributed by atoms with van der Waals surface area (Å²) in [5.41, 5.74) is 3.33. The summed E-state index contributed by atoms with van der Waals surface area (Å²) in [7, 11) is -0.419. The first-order chi connectivity index (χ1) is 20.5. The summed E-state index contributed by atoms with van der Waals surface area (Å²) >= 11 is 0. The fourth-order valence-electron chi connectivity index (χ4n) is 4.89. The van der Waals surface area contributed by atoms with Gasteiger partial charge in [-0.2, -0.15) is 4.98 Å². The number of benzene rings is 3. The maximum Gasteiger partial charge on any atom is 0.269 e. The third kappa shape index (κ3) is 5.11. The molecule has 0 aliphatic carbocycles. The molecule has 0 saturated heterocycles. The zero-order valence-electron chi connectivity index (χ0n) is 24.0. The van der Waals surface area contributed by atoms with Crippen LogP contribution in [0.2, 0.25) is 0 Å². The van der Waals surface area contributed by atoms with Crippen molar-refractivity contribution in [3.8, 4) is 0 Å². The summed E-state index contributed by atoms with van der Waals surface area (Å²) < 4.78 is 30.0. The minimum absolute atomic E-state index is 0.0738. The van der Waals surface area contributed by atoms with Crippen molar-refractivity contribution in [2.24, 2.45) is 0 Å². The van der Waals surface area contributed by atoms with Crippen molar-refractivity contribution in [2.45, 2.75) is 18.7 Å². The van der Waals surface area contributed by atoms with Crippen LogP contribution in [0.5, 0.6) is 0 Å². The third-order valence-electron chi connectivity index (χ3n) is 7.07. The number of fused-ring (bicyclic) bond motifs is 4. The molecule has 0 atom stereocenters. The van der Waals surface area contributed by atoms with Crippen LogP contribution >= 0.6 is 0 Å². The van der Waals surface area contributed by atoms with E-state index in [0.29, 0.717) is 27.7 Å². The molecular formula is C31H29N7O4S. The van der Waals surface area contributed by atoms with E-state index in [1.54, 1.807) is 85.7 Å². The van der Waals surface area contributed by atoms with Crippen molar-refractivity contribution >= 4 is 60.8 Å². The number of anilines is 3. The standard InChI is InChI=1S/C31H29N7O4S/c1-19-9-13-22(14-10-19)43(41,42)37-16-15-24-28(37)35-31(38-29(24)33-25-8-6-5-7-23(25)30(38)40)34-26-17-21(12-11-20(26)2)32-27(39)18-36(3)4/h5-17H,18H2,1-4H3,(H,32,39)(H,34,35). The molecule has 0 aliphatic rings. The average molecular weight is 596 g/mol. The molecule has 3 heterocycles. The zero-order valence-corrected chi connectivity index (χ0v) is 24.8. The van der Waals surface area contributed by atoms with Crippen molar-refractivity contribution in [1.29, 1.82) is 0 Å². The molecule has 0 saturated carbocycles. The number of carbonyl (C=O) groups excluding carboxylic acids is 1. The number of hydrogen-bond donors (Lipinski definition) is 2. The predicted molar refractivity (Wildman–Crippen MR) is 168 cm³/mol. The van der Waals surface area contributed by atoms with Crippen LogP contribution in [0, 0.1) is 13.8 Å². The van der Waals surface area contributed by atoms with E-state index in [9.17, 15) is 18.0 Å². The fraction of sp³-hybridized carbons (Fsp3) is 0.161. The molecule has 0 spiro atoms. The molecule has 6 aromatic rings. The number of nitrogens with one attached hydrogen (secondary N) is 2. The number of rotatable bonds is 7. The van der Waals surface area contributed by atoms with Gasteiger partial charge in [-0.3, -0.25) is 9.59 Å². The molecule has 6 rings (SSSR count). The minimum Gasteiger partial charge on any atom is -0.325 e. The van der Waals surface area contributed by atoms with Crippen molar-refractivity contribution < 1.29 is 13.2 Å². The maximum absolute atomic E-state index is 13.9. The van der Waals surface area contributed by atoms with Crippen LogP contribution in [0.25, 0.3) is 27.6 Å². The SMILES string of the molecule is Cc1ccc(S(=O)(=O)n2ccc3c2nc(Nc2cc(NC(=O)CN(C)C)ccc2C)n2c(=O)c4ccccc4nc32)cc1. The lowest BCUT2D eigenvalue weighted by Gasteiger charge is -2.16. The van der Waals surface area contributed by atoms with Crippen molar-refractivity contribution in [1.82, 2.24) is 23.2 Å². The lowest BCUT2D eigenvalue weighted by Crippen LogP contribution is -2.27. The van der Waals surface area contributed by atoms with Crippen molar-refractivity contribution in [2.75, 3.05) is 31.3 Å². The van der Waals surface area contributed by atoms with Crippen LogP contribution in [0.4, 0.5) is 17.3 Å². The summed E-state index contributed by atoms with van der Waals surface area (Å²) in [6, 6.07) is 20.5. The first-order valence-corrected chi connectivity index (χ1v) is 14.9. The summed E-state index contributed by atoms with van der Waals surface area (Å²) in [4.78, 5) is 37.6. The van der Waals surface area contributed by atoms with Gasteiger partial charge in [0, 0.05) is 17.6 Å². The predicted octanol–water partition coefficient (Wildman–Crippen LogP) is 4.29. The van der Waals surface area contributed by atoms with Crippen LogP contribution in [0.15, 0.2) is 88.7 Å². The van der Waals surface area contributed by atoms with Crippen LogP contribution in [-0.4, -0.2) is 58.2 Å². The van der Waals surface area contributed by atoms with Gasteiger partial charge in [0.2, 0.25) is 11.9 Å². The van der Waals surface area contributed by atoms with E-state index in [2.05, 4.69) is 10.6 Å². The molecule has 0 bridgehead atoms. The summed E-state index contributed by atoms with van der Waals surface area (Å²) in [6.07, 6.45) is 1.42. The molecule has 0 radical (unpaired) electrons. The Morgan fingerprint density at radius 3 is 2.40 bits per heavy atom. The average Bonchev–Trinajstić information content (AvgIpc) is 3.40. The molecule has 218 valence electrons. The molecule has 43 heavy (non-hydrogen) atoms. The van der Waals surface area contributed by atoms with Gasteiger partial charge in [0.25, 0.3) is 15.6 Å². The van der Waals surface area contributed by atoms with E-state index in [0.717, 1.165) is 15.1 Å². The molecular weight excluding hydrogens is 566 g/mol. The molecule has 2 N–H and O–H groups in total. The zero-order chi connectivity index (χ0) is 30.5. The van der Waals surface area contributed by atoms with Crippen molar-refractivity contribution in [3.63, 3.8) is 0 Å². The van der Waals surface area contributed by atoms with Gasteiger partial charge >= 0.3 is 0 Å². The van der Waals surface area contributed by atoms with Gasteiger partial charge in [-0.25, -0.2) is 21.8 Å². The highest BCUT2D eigenvalue weighted by Gasteiger charge is 2.24. The number of aryl methyl sites for hydroxylation is 2. The normalized spacial score (nSPS) is 11.9. The second kappa shape index (κ2) is 10.6. The van der Waals surface area contributed by atoms with Crippen LogP contribution in [0.3, 0.4) is 0 Å². The lowest BCUT2D eigenvalue weighted by molar-refractivity contribution is -0.116. The number of likely N-dealkylation sites (N-methyl/N-ethyl adjacent to an activating group) is 1. The Kier molecular flexibility index (Phi) is 6.95. The lowest BCUT2D eigenvalue weighted by atomic mass is 10.1. The van der Waals surface area contributed by atoms with Crippen LogP contribution in [0.1, 0.15) is 11.1 Å². The molecule has 0 aliphatic heterocycles. The molecule has 0 unspecified atom stereocenters. The van der Waals surface area contributed by atoms with E-state index in [1.165, 1.54) is 10.6 Å². The second-order valence-corrected chi connectivity index (χ2v) is 12.5. The van der Waals surface area contributed by atoms with Gasteiger partial charge in [0.1, 0.15) is 0 Å². The topological polar surface area (TPSA) is 131 Å². The van der Waals surface area contributed by atoms with Gasteiger partial charge < -0.3 is 15.5 Å². The highest BCUT2D eigenvalue weighted by molar-refractivity contribution is 7.90. The second-order valence-electron chi connectivity index (χ2n) is 10.6. The first kappa shape index (κ1) is 28.1. The van der Waals surface area contributed by atoms with E-state index >= 15 is 0 Å². The Hall–Kier alpha value is -5.07. The summed E-state index contributed by atoms with van der Waals surface area (Å²) in [5.74, 6) is -0.111. The van der Waals surface area contributed by atoms with Crippen LogP contribution in [-0.2, 0) is 14.8 Å². The van der Waals surface area contributed by atoms with Gasteiger partial charge in [0.05, 0.1) is 27.7 Å². The van der Waals surface area contributed by atoms with E-state index in [1.807, 2.05) is 19.9 Å². The Morgan fingerprint density at radius 1 is 0.907 bits per heavy atom. The molecule has 3 aromatic heterocycles. The maximum atomic E-state index is 13.9. The smallest absolute Gasteiger partial charge is 0.269 e. The van der Waals surface area contributed by atoms with Gasteiger partial charge in [-0.15, -0.1) is 0 Å².